The standard InChI is InChI=1S/C13H13N3O2/c1-16(10-3-2-6-15-8-10)9-4-5-12(14)11(7-9)13(17)18/h2-8H,14H2,1H3,(H,17,18). The minimum absolute atomic E-state index is 0.100. The number of nitrogens with zero attached hydrogens (tertiary/aromatic N) is 2. The molecule has 0 bridgehead atoms. The second-order valence-corrected chi connectivity index (χ2v) is 3.85. The van der Waals surface area contributed by atoms with Crippen LogP contribution in [0.4, 0.5) is 17.1 Å². The summed E-state index contributed by atoms with van der Waals surface area (Å²) in [5.74, 6) is -1.03. The fraction of sp³-hybridized carbons (Fsp3) is 0.0769. The predicted octanol–water partition coefficient (Wildman–Crippen LogP) is 2.13. The molecule has 92 valence electrons. The first-order valence-electron chi connectivity index (χ1n) is 5.36. The first kappa shape index (κ1) is 11.9. The highest BCUT2D eigenvalue weighted by molar-refractivity contribution is 5.95. The molecule has 0 fully saturated rings. The molecule has 1 aromatic carbocycles. The molecule has 5 heteroatoms. The van der Waals surface area contributed by atoms with E-state index in [1.54, 1.807) is 30.6 Å². The van der Waals surface area contributed by atoms with Crippen LogP contribution >= 0.6 is 0 Å². The molecule has 3 N–H and O–H groups in total. The summed E-state index contributed by atoms with van der Waals surface area (Å²) >= 11 is 0. The largest absolute Gasteiger partial charge is 0.478 e. The Hall–Kier alpha value is -2.56. The minimum Gasteiger partial charge on any atom is -0.478 e. The molecule has 2 rings (SSSR count). The van der Waals surface area contributed by atoms with E-state index in [1.807, 2.05) is 24.1 Å². The quantitative estimate of drug-likeness (QED) is 0.807. The highest BCUT2D eigenvalue weighted by Crippen LogP contribution is 2.25. The summed E-state index contributed by atoms with van der Waals surface area (Å²) < 4.78 is 0. The number of hydrogen-bond acceptors (Lipinski definition) is 4. The van der Waals surface area contributed by atoms with Crippen LogP contribution < -0.4 is 10.6 Å². The number of carbonyl (C=O) groups is 1. The van der Waals surface area contributed by atoms with Crippen LogP contribution in [0.15, 0.2) is 42.7 Å². The van der Waals surface area contributed by atoms with Gasteiger partial charge >= 0.3 is 5.97 Å². The highest BCUT2D eigenvalue weighted by atomic mass is 16.4. The summed E-state index contributed by atoms with van der Waals surface area (Å²) in [6.07, 6.45) is 3.39. The Bertz CT molecular complexity index is 570. The number of pyridine rings is 1. The van der Waals surface area contributed by atoms with Crippen molar-refractivity contribution in [2.45, 2.75) is 0 Å². The minimum atomic E-state index is -1.03. The van der Waals surface area contributed by atoms with E-state index in [2.05, 4.69) is 4.98 Å². The van der Waals surface area contributed by atoms with Gasteiger partial charge in [0.25, 0.3) is 0 Å². The lowest BCUT2D eigenvalue weighted by Gasteiger charge is -2.19. The van der Waals surface area contributed by atoms with Gasteiger partial charge in [-0.15, -0.1) is 0 Å². The molecule has 0 spiro atoms. The molecule has 0 atom stereocenters. The van der Waals surface area contributed by atoms with Gasteiger partial charge in [-0.3, -0.25) is 4.98 Å². The molecule has 0 unspecified atom stereocenters. The maximum Gasteiger partial charge on any atom is 0.337 e. The zero-order valence-corrected chi connectivity index (χ0v) is 9.87. The Morgan fingerprint density at radius 3 is 2.72 bits per heavy atom. The first-order chi connectivity index (χ1) is 8.59. The number of carboxylic acids is 1. The summed E-state index contributed by atoms with van der Waals surface area (Å²) in [7, 11) is 1.84. The van der Waals surface area contributed by atoms with E-state index in [1.165, 1.54) is 0 Å². The third kappa shape index (κ3) is 2.24. The maximum atomic E-state index is 11.0. The van der Waals surface area contributed by atoms with Gasteiger partial charge in [0.1, 0.15) is 0 Å². The van der Waals surface area contributed by atoms with Crippen LogP contribution in [0.25, 0.3) is 0 Å². The summed E-state index contributed by atoms with van der Waals surface area (Å²) in [5, 5.41) is 9.03. The first-order valence-corrected chi connectivity index (χ1v) is 5.36. The van der Waals surface area contributed by atoms with Crippen molar-refractivity contribution in [1.29, 1.82) is 0 Å². The normalized spacial score (nSPS) is 10.1. The number of rotatable bonds is 3. The van der Waals surface area contributed by atoms with E-state index >= 15 is 0 Å². The van der Waals surface area contributed by atoms with Gasteiger partial charge in [0.05, 0.1) is 17.4 Å². The van der Waals surface area contributed by atoms with Crippen LogP contribution in [-0.4, -0.2) is 23.1 Å². The smallest absolute Gasteiger partial charge is 0.337 e. The Morgan fingerprint density at radius 2 is 2.11 bits per heavy atom. The van der Waals surface area contributed by atoms with Crippen molar-refractivity contribution in [3.63, 3.8) is 0 Å². The van der Waals surface area contributed by atoms with E-state index < -0.39 is 5.97 Å². The third-order valence-corrected chi connectivity index (χ3v) is 2.69. The summed E-state index contributed by atoms with van der Waals surface area (Å²) in [5.41, 5.74) is 7.59. The SMILES string of the molecule is CN(c1cccnc1)c1ccc(N)c(C(=O)O)c1. The number of hydrogen-bond donors (Lipinski definition) is 2. The van der Waals surface area contributed by atoms with Gasteiger partial charge in [-0.25, -0.2) is 4.79 Å². The van der Waals surface area contributed by atoms with Crippen LogP contribution in [-0.2, 0) is 0 Å². The molecular formula is C13H13N3O2. The van der Waals surface area contributed by atoms with Crippen LogP contribution in [0, 0.1) is 0 Å². The van der Waals surface area contributed by atoms with Crippen molar-refractivity contribution >= 4 is 23.0 Å². The summed E-state index contributed by atoms with van der Waals surface area (Å²) in [4.78, 5) is 16.9. The number of aromatic carboxylic acids is 1. The zero-order chi connectivity index (χ0) is 13.1. The number of nitrogens with two attached hydrogens (primary N) is 1. The van der Waals surface area contributed by atoms with Crippen molar-refractivity contribution < 1.29 is 9.90 Å². The molecule has 0 radical (unpaired) electrons. The van der Waals surface area contributed by atoms with Gasteiger partial charge in [0.15, 0.2) is 0 Å². The molecule has 0 aliphatic rings. The molecule has 5 nitrogen and oxygen atoms in total. The summed E-state index contributed by atoms with van der Waals surface area (Å²) in [6, 6.07) is 8.62. The highest BCUT2D eigenvalue weighted by Gasteiger charge is 2.11. The molecule has 0 aliphatic heterocycles. The van der Waals surface area contributed by atoms with Crippen molar-refractivity contribution in [3.8, 4) is 0 Å². The lowest BCUT2D eigenvalue weighted by Crippen LogP contribution is -2.11. The molecule has 0 amide bonds. The molecule has 2 aromatic rings. The van der Waals surface area contributed by atoms with E-state index in [4.69, 9.17) is 10.8 Å². The lowest BCUT2D eigenvalue weighted by molar-refractivity contribution is 0.0698. The topological polar surface area (TPSA) is 79.5 Å². The second-order valence-electron chi connectivity index (χ2n) is 3.85. The molecule has 1 heterocycles. The maximum absolute atomic E-state index is 11.0. The number of benzene rings is 1. The van der Waals surface area contributed by atoms with Gasteiger partial charge in [-0.1, -0.05) is 0 Å². The van der Waals surface area contributed by atoms with Crippen molar-refractivity contribution in [2.24, 2.45) is 0 Å². The van der Waals surface area contributed by atoms with Crippen LogP contribution in [0.2, 0.25) is 0 Å². The van der Waals surface area contributed by atoms with E-state index in [0.29, 0.717) is 0 Å². The Balaban J connectivity index is 2.40. The monoisotopic (exact) mass is 243 g/mol. The van der Waals surface area contributed by atoms with Gasteiger partial charge in [-0.05, 0) is 30.3 Å². The predicted molar refractivity (Wildman–Crippen MR) is 70.1 cm³/mol. The van der Waals surface area contributed by atoms with Crippen molar-refractivity contribution in [2.75, 3.05) is 17.7 Å². The van der Waals surface area contributed by atoms with Gasteiger partial charge in [-0.2, -0.15) is 0 Å². The fourth-order valence-electron chi connectivity index (χ4n) is 1.64. The molecular weight excluding hydrogens is 230 g/mol. The average Bonchev–Trinajstić information content (AvgIpc) is 2.39. The van der Waals surface area contributed by atoms with E-state index in [0.717, 1.165) is 11.4 Å². The molecule has 1 aromatic heterocycles. The molecule has 18 heavy (non-hydrogen) atoms. The summed E-state index contributed by atoms with van der Waals surface area (Å²) in [6.45, 7) is 0. The van der Waals surface area contributed by atoms with Crippen LogP contribution in [0.3, 0.4) is 0 Å². The second kappa shape index (κ2) is 4.75. The van der Waals surface area contributed by atoms with Gasteiger partial charge in [0, 0.05) is 24.6 Å². The fourth-order valence-corrected chi connectivity index (χ4v) is 1.64. The van der Waals surface area contributed by atoms with E-state index in [-0.39, 0.29) is 11.3 Å². The van der Waals surface area contributed by atoms with E-state index in [9.17, 15) is 4.79 Å². The Labute approximate surface area is 104 Å². The van der Waals surface area contributed by atoms with Gasteiger partial charge in [0.2, 0.25) is 0 Å². The van der Waals surface area contributed by atoms with Crippen LogP contribution in [0.1, 0.15) is 10.4 Å². The number of anilines is 3. The Kier molecular flexibility index (Phi) is 3.14. The molecule has 0 aliphatic carbocycles. The van der Waals surface area contributed by atoms with Crippen molar-refractivity contribution in [3.05, 3.63) is 48.3 Å². The average molecular weight is 243 g/mol. The lowest BCUT2D eigenvalue weighted by atomic mass is 10.1. The molecule has 0 saturated heterocycles. The zero-order valence-electron chi connectivity index (χ0n) is 9.87. The van der Waals surface area contributed by atoms with Gasteiger partial charge < -0.3 is 15.7 Å². The Morgan fingerprint density at radius 1 is 1.33 bits per heavy atom. The molecule has 0 saturated carbocycles. The van der Waals surface area contributed by atoms with Crippen LogP contribution in [0.5, 0.6) is 0 Å². The number of nitrogen functional groups attached to an aromatic ring is 1. The number of carboxylic acid groups (broad SMARTS) is 1. The third-order valence-electron chi connectivity index (χ3n) is 2.69. The number of aromatic nitrogens is 1. The van der Waals surface area contributed by atoms with Crippen molar-refractivity contribution in [1.82, 2.24) is 4.98 Å².